The predicted molar refractivity (Wildman–Crippen MR) is 167 cm³/mol. The lowest BCUT2D eigenvalue weighted by atomic mass is 9.86. The third kappa shape index (κ3) is 10.9. The van der Waals surface area contributed by atoms with Crippen LogP contribution in [-0.2, 0) is 0 Å². The molecule has 1 saturated heterocycles. The number of likely N-dealkylation sites (tertiary alicyclic amines) is 1. The van der Waals surface area contributed by atoms with E-state index in [4.69, 9.17) is 4.74 Å². The maximum Gasteiger partial charge on any atom is 0.119 e. The van der Waals surface area contributed by atoms with Gasteiger partial charge in [-0.1, -0.05) is 81.5 Å². The fourth-order valence-electron chi connectivity index (χ4n) is 4.83. The molecular weight excluding hydrogens is 482 g/mol. The van der Waals surface area contributed by atoms with Crippen molar-refractivity contribution in [2.75, 3.05) is 26.8 Å². The quantitative estimate of drug-likeness (QED) is 0.210. The van der Waals surface area contributed by atoms with Gasteiger partial charge in [-0.25, -0.2) is 0 Å². The van der Waals surface area contributed by atoms with Crippen LogP contribution >= 0.6 is 0 Å². The lowest BCUT2D eigenvalue weighted by Crippen LogP contribution is -2.26. The Kier molecular flexibility index (Phi) is 15.0. The van der Waals surface area contributed by atoms with Crippen LogP contribution < -0.4 is 4.74 Å². The highest BCUT2D eigenvalue weighted by Gasteiger charge is 2.20. The summed E-state index contributed by atoms with van der Waals surface area (Å²) < 4.78 is 6.09. The third-order valence-corrected chi connectivity index (χ3v) is 6.78. The maximum atomic E-state index is 9.81. The van der Waals surface area contributed by atoms with Crippen LogP contribution in [0.2, 0.25) is 0 Å². The van der Waals surface area contributed by atoms with E-state index in [1.807, 2.05) is 24.3 Å². The van der Waals surface area contributed by atoms with Crippen molar-refractivity contribution in [2.45, 2.75) is 71.8 Å². The van der Waals surface area contributed by atoms with E-state index in [0.717, 1.165) is 52.9 Å². The molecule has 0 spiro atoms. The van der Waals surface area contributed by atoms with Crippen LogP contribution in [0.1, 0.15) is 71.3 Å². The lowest BCUT2D eigenvalue weighted by Gasteiger charge is -2.20. The summed E-state index contributed by atoms with van der Waals surface area (Å²) in [5, 5.41) is 19.4. The summed E-state index contributed by atoms with van der Waals surface area (Å²) in [6.45, 7) is 12.0. The van der Waals surface area contributed by atoms with Crippen LogP contribution in [0.15, 0.2) is 102 Å². The second-order valence-electron chi connectivity index (χ2n) is 10.1. The minimum Gasteiger partial charge on any atom is -0.513 e. The Hall–Kier alpha value is -3.08. The first kappa shape index (κ1) is 32.1. The topological polar surface area (TPSA) is 52.9 Å². The Bertz CT molecular complexity index is 1070. The molecule has 1 aromatic carbocycles. The van der Waals surface area contributed by atoms with Gasteiger partial charge in [0.1, 0.15) is 5.75 Å². The molecule has 1 atom stereocenters. The van der Waals surface area contributed by atoms with E-state index >= 15 is 0 Å². The first-order chi connectivity index (χ1) is 18.9. The minimum absolute atomic E-state index is 0.123. The number of nitrogens with zero attached hydrogens (tertiary/aromatic N) is 1. The van der Waals surface area contributed by atoms with Crippen molar-refractivity contribution < 1.29 is 14.9 Å². The molecule has 1 aliphatic carbocycles. The molecule has 1 heterocycles. The molecule has 0 amide bonds. The summed E-state index contributed by atoms with van der Waals surface area (Å²) in [6, 6.07) is 8.87. The van der Waals surface area contributed by atoms with E-state index in [1.54, 1.807) is 13.0 Å². The van der Waals surface area contributed by atoms with Crippen LogP contribution in [0.3, 0.4) is 0 Å². The number of rotatable bonds is 12. The number of ether oxygens (including phenoxy) is 1. The third-order valence-electron chi connectivity index (χ3n) is 6.78. The summed E-state index contributed by atoms with van der Waals surface area (Å²) in [4.78, 5) is 2.43. The zero-order chi connectivity index (χ0) is 28.5. The van der Waals surface area contributed by atoms with Gasteiger partial charge in [-0.15, -0.1) is 0 Å². The van der Waals surface area contributed by atoms with Crippen molar-refractivity contribution in [3.8, 4) is 5.75 Å². The molecule has 4 nitrogen and oxygen atoms in total. The van der Waals surface area contributed by atoms with Crippen molar-refractivity contribution in [1.82, 2.24) is 4.90 Å². The van der Waals surface area contributed by atoms with Crippen molar-refractivity contribution in [3.63, 3.8) is 0 Å². The molecule has 2 N–H and O–H groups in total. The average molecular weight is 532 g/mol. The van der Waals surface area contributed by atoms with E-state index in [9.17, 15) is 10.2 Å². The molecule has 3 rings (SSSR count). The monoisotopic (exact) mass is 531 g/mol. The maximum absolute atomic E-state index is 9.81. The number of hydrogen-bond acceptors (Lipinski definition) is 4. The zero-order valence-corrected chi connectivity index (χ0v) is 24.5. The molecule has 0 aromatic heterocycles. The minimum atomic E-state index is 0.123. The molecule has 0 saturated carbocycles. The first-order valence-corrected chi connectivity index (χ1v) is 14.5. The molecule has 4 heteroatoms. The molecule has 39 heavy (non-hydrogen) atoms. The summed E-state index contributed by atoms with van der Waals surface area (Å²) in [5.74, 6) is 1.10. The summed E-state index contributed by atoms with van der Waals surface area (Å²) in [7, 11) is 2.20. The van der Waals surface area contributed by atoms with Gasteiger partial charge in [-0.2, -0.15) is 0 Å². The van der Waals surface area contributed by atoms with Gasteiger partial charge in [0.15, 0.2) is 0 Å². The van der Waals surface area contributed by atoms with Crippen LogP contribution in [0.5, 0.6) is 5.75 Å². The summed E-state index contributed by atoms with van der Waals surface area (Å²) in [6.07, 6.45) is 23.1. The van der Waals surface area contributed by atoms with Crippen LogP contribution in [0, 0.1) is 0 Å². The van der Waals surface area contributed by atoms with Gasteiger partial charge in [0.2, 0.25) is 0 Å². The van der Waals surface area contributed by atoms with Gasteiger partial charge in [-0.05, 0) is 105 Å². The van der Waals surface area contributed by atoms with Crippen LogP contribution in [0.4, 0.5) is 0 Å². The van der Waals surface area contributed by atoms with Crippen molar-refractivity contribution in [3.05, 3.63) is 107 Å². The van der Waals surface area contributed by atoms with E-state index in [1.165, 1.54) is 25.8 Å². The molecule has 1 unspecified atom stereocenters. The fourth-order valence-corrected chi connectivity index (χ4v) is 4.83. The Labute approximate surface area is 237 Å². The molecule has 1 aliphatic heterocycles. The molecule has 1 aromatic rings. The van der Waals surface area contributed by atoms with E-state index in [2.05, 4.69) is 74.9 Å². The van der Waals surface area contributed by atoms with Gasteiger partial charge in [0, 0.05) is 12.6 Å². The Morgan fingerprint density at radius 2 is 1.90 bits per heavy atom. The molecule has 0 bridgehead atoms. The lowest BCUT2D eigenvalue weighted by molar-refractivity contribution is 0.233. The van der Waals surface area contributed by atoms with Gasteiger partial charge < -0.3 is 19.8 Å². The molecule has 1 fully saturated rings. The highest BCUT2D eigenvalue weighted by atomic mass is 16.5. The van der Waals surface area contributed by atoms with Gasteiger partial charge in [0.05, 0.1) is 12.4 Å². The predicted octanol–water partition coefficient (Wildman–Crippen LogP) is 8.51. The Morgan fingerprint density at radius 1 is 1.15 bits per heavy atom. The second kappa shape index (κ2) is 18.3. The Balaban J connectivity index is 0.00000170. The first-order valence-electron chi connectivity index (χ1n) is 14.5. The Morgan fingerprint density at radius 3 is 2.51 bits per heavy atom. The van der Waals surface area contributed by atoms with Gasteiger partial charge in [0.25, 0.3) is 0 Å². The normalized spacial score (nSPS) is 18.6. The van der Waals surface area contributed by atoms with Gasteiger partial charge >= 0.3 is 0 Å². The smallest absolute Gasteiger partial charge is 0.119 e. The van der Waals surface area contributed by atoms with E-state index in [0.29, 0.717) is 19.1 Å². The summed E-state index contributed by atoms with van der Waals surface area (Å²) in [5.41, 5.74) is 5.31. The van der Waals surface area contributed by atoms with Crippen molar-refractivity contribution >= 4 is 5.57 Å². The van der Waals surface area contributed by atoms with E-state index in [-0.39, 0.29) is 12.4 Å². The second-order valence-corrected chi connectivity index (χ2v) is 10.1. The fraction of sp³-hybridized carbons (Fsp3) is 0.429. The standard InChI is InChI=1S/C32H41NO3.C3H8/c1-4-26(16-15-25(2)35)32(31(14-10-23-34)27-11-7-5-6-8-12-27)28-17-19-30(20-18-28)36-24-21-29-13-9-22-33(29)3;1-3-2/h4-7,11-12,15-20,29,34-35H,1,8-10,13-14,21-24H2,2-3H3;3H2,1-2H3/b25-15+,26-16+,32-31-;. The molecule has 0 radical (unpaired) electrons. The van der Waals surface area contributed by atoms with Crippen LogP contribution in [0.25, 0.3) is 5.57 Å². The number of hydrogen-bond donors (Lipinski definition) is 2. The number of allylic oxidation sites excluding steroid dienone is 13. The average Bonchev–Trinajstić information content (AvgIpc) is 3.15. The largest absolute Gasteiger partial charge is 0.513 e. The number of benzene rings is 1. The van der Waals surface area contributed by atoms with Crippen molar-refractivity contribution in [1.29, 1.82) is 0 Å². The molecule has 212 valence electrons. The summed E-state index contributed by atoms with van der Waals surface area (Å²) >= 11 is 0. The zero-order valence-electron chi connectivity index (χ0n) is 24.5. The molecule has 2 aliphatic rings. The van der Waals surface area contributed by atoms with Crippen molar-refractivity contribution in [2.24, 2.45) is 0 Å². The van der Waals surface area contributed by atoms with Gasteiger partial charge in [-0.3, -0.25) is 0 Å². The number of aliphatic hydroxyl groups is 2. The van der Waals surface area contributed by atoms with Crippen LogP contribution in [-0.4, -0.2) is 48.0 Å². The highest BCUT2D eigenvalue weighted by Crippen LogP contribution is 2.36. The molecular formula is C35H49NO3. The van der Waals surface area contributed by atoms with E-state index < -0.39 is 0 Å². The number of aliphatic hydroxyl groups excluding tert-OH is 2. The highest BCUT2D eigenvalue weighted by molar-refractivity contribution is 5.87. The SMILES string of the molecule is C=CC(=C\C=C(/C)O)/C(=C(\CCCO)C1=CCC=CC=C1)c1ccc(OCCC2CCCN2C)cc1.CCC.